The van der Waals surface area contributed by atoms with Crippen LogP contribution in [0.1, 0.15) is 74.5 Å². The van der Waals surface area contributed by atoms with Gasteiger partial charge in [0.05, 0.1) is 23.2 Å². The Labute approximate surface area is 289 Å². The third-order valence-electron chi connectivity index (χ3n) is 9.34. The number of phenols is 5. The molecule has 6 aromatic rings. The van der Waals surface area contributed by atoms with Crippen LogP contribution in [-0.2, 0) is 0 Å². The standard InChI is InChI=1S/C41H38N2O7/c1-20-16-27-29(18-22(3)36(45)34(27)40(49)42-23(4)25-12-8-6-9-13-25)37(46)32(20)33-21(2)17-28-30(38(33)47)19-31(44)39(48)35(28)41(50)43-24(5)26-14-10-7-11-15-26/h6-19,23-24,44-48H,1-5H3,(H,42,49)(H,43,50). The first kappa shape index (κ1) is 33.7. The molecule has 0 spiro atoms. The van der Waals surface area contributed by atoms with Gasteiger partial charge in [-0.05, 0) is 86.7 Å². The smallest absolute Gasteiger partial charge is 0.256 e. The molecule has 7 N–H and O–H groups in total. The Bertz CT molecular complexity index is 2150. The van der Waals surface area contributed by atoms with Gasteiger partial charge in [0.2, 0.25) is 0 Å². The maximum absolute atomic E-state index is 13.7. The molecule has 0 aliphatic carbocycles. The van der Waals surface area contributed by atoms with Crippen molar-refractivity contribution in [2.75, 3.05) is 0 Å². The third-order valence-corrected chi connectivity index (χ3v) is 9.34. The molecule has 0 aromatic heterocycles. The second-order valence-electron chi connectivity index (χ2n) is 12.8. The molecular weight excluding hydrogens is 632 g/mol. The average molecular weight is 671 g/mol. The van der Waals surface area contributed by atoms with Gasteiger partial charge in [-0.3, -0.25) is 9.59 Å². The van der Waals surface area contributed by atoms with Gasteiger partial charge >= 0.3 is 0 Å². The summed E-state index contributed by atoms with van der Waals surface area (Å²) in [5.41, 5.74) is 3.33. The van der Waals surface area contributed by atoms with E-state index in [0.29, 0.717) is 22.1 Å². The Balaban J connectivity index is 1.48. The highest BCUT2D eigenvalue weighted by Crippen LogP contribution is 2.50. The number of fused-ring (bicyclic) bond motifs is 2. The van der Waals surface area contributed by atoms with Gasteiger partial charge in [-0.1, -0.05) is 60.7 Å². The number of nitrogens with one attached hydrogen (secondary N) is 2. The van der Waals surface area contributed by atoms with E-state index < -0.39 is 29.4 Å². The number of benzene rings is 6. The maximum Gasteiger partial charge on any atom is 0.256 e. The highest BCUT2D eigenvalue weighted by molar-refractivity contribution is 6.16. The largest absolute Gasteiger partial charge is 0.507 e. The third kappa shape index (κ3) is 5.77. The molecule has 2 atom stereocenters. The van der Waals surface area contributed by atoms with Gasteiger partial charge < -0.3 is 36.2 Å². The lowest BCUT2D eigenvalue weighted by atomic mass is 9.86. The Hall–Kier alpha value is -6.22. The van der Waals surface area contributed by atoms with Crippen molar-refractivity contribution in [1.29, 1.82) is 0 Å². The van der Waals surface area contributed by atoms with E-state index in [1.54, 1.807) is 45.9 Å². The number of phenolic OH excluding ortho intramolecular Hbond substituents is 5. The van der Waals surface area contributed by atoms with Gasteiger partial charge in [0.25, 0.3) is 11.8 Å². The van der Waals surface area contributed by atoms with Crippen molar-refractivity contribution in [3.63, 3.8) is 0 Å². The first-order valence-electron chi connectivity index (χ1n) is 16.2. The number of aromatic hydroxyl groups is 5. The van der Waals surface area contributed by atoms with E-state index in [4.69, 9.17) is 0 Å². The Morgan fingerprint density at radius 2 is 0.880 bits per heavy atom. The second-order valence-corrected chi connectivity index (χ2v) is 12.8. The Morgan fingerprint density at radius 3 is 1.32 bits per heavy atom. The van der Waals surface area contributed by atoms with Crippen molar-refractivity contribution in [2.24, 2.45) is 0 Å². The number of hydrogen-bond donors (Lipinski definition) is 7. The van der Waals surface area contributed by atoms with E-state index in [9.17, 15) is 35.1 Å². The predicted molar refractivity (Wildman–Crippen MR) is 194 cm³/mol. The first-order valence-corrected chi connectivity index (χ1v) is 16.2. The molecule has 0 bridgehead atoms. The van der Waals surface area contributed by atoms with Crippen LogP contribution in [0.25, 0.3) is 32.7 Å². The van der Waals surface area contributed by atoms with E-state index in [0.717, 1.165) is 11.1 Å². The summed E-state index contributed by atoms with van der Waals surface area (Å²) in [6.45, 7) is 8.67. The molecule has 0 fully saturated rings. The van der Waals surface area contributed by atoms with Crippen molar-refractivity contribution < 1.29 is 35.1 Å². The van der Waals surface area contributed by atoms with Gasteiger partial charge in [0.1, 0.15) is 17.2 Å². The summed E-state index contributed by atoms with van der Waals surface area (Å²) in [7, 11) is 0. The Morgan fingerprint density at radius 1 is 0.500 bits per heavy atom. The summed E-state index contributed by atoms with van der Waals surface area (Å²) in [4.78, 5) is 27.3. The van der Waals surface area contributed by atoms with Gasteiger partial charge in [-0.25, -0.2) is 0 Å². The molecule has 6 aromatic carbocycles. The molecule has 9 heteroatoms. The highest BCUT2D eigenvalue weighted by Gasteiger charge is 2.28. The summed E-state index contributed by atoms with van der Waals surface area (Å²) in [5, 5.41) is 63.0. The van der Waals surface area contributed by atoms with Crippen LogP contribution in [0, 0.1) is 20.8 Å². The van der Waals surface area contributed by atoms with Crippen LogP contribution in [0.15, 0.2) is 84.9 Å². The van der Waals surface area contributed by atoms with Crippen LogP contribution in [0.4, 0.5) is 0 Å². The van der Waals surface area contributed by atoms with Gasteiger partial charge in [0, 0.05) is 32.7 Å². The van der Waals surface area contributed by atoms with Gasteiger partial charge in [-0.15, -0.1) is 0 Å². The molecule has 9 nitrogen and oxygen atoms in total. The quantitative estimate of drug-likeness (QED) is 0.0845. The molecule has 2 amide bonds. The summed E-state index contributed by atoms with van der Waals surface area (Å²) in [6.07, 6.45) is 0. The number of aryl methyl sites for hydroxylation is 3. The minimum absolute atomic E-state index is 0.00738. The Kier molecular flexibility index (Phi) is 8.76. The topological polar surface area (TPSA) is 159 Å². The lowest BCUT2D eigenvalue weighted by Crippen LogP contribution is -2.27. The fourth-order valence-corrected chi connectivity index (χ4v) is 6.69. The zero-order valence-corrected chi connectivity index (χ0v) is 28.3. The van der Waals surface area contributed by atoms with Crippen molar-refractivity contribution in [2.45, 2.75) is 46.7 Å². The van der Waals surface area contributed by atoms with E-state index in [-0.39, 0.29) is 61.7 Å². The van der Waals surface area contributed by atoms with Gasteiger partial charge in [-0.2, -0.15) is 0 Å². The average Bonchev–Trinajstić information content (AvgIpc) is 3.09. The van der Waals surface area contributed by atoms with E-state index >= 15 is 0 Å². The number of rotatable bonds is 7. The van der Waals surface area contributed by atoms with E-state index in [1.165, 1.54) is 6.07 Å². The number of carbonyl (C=O) groups excluding carboxylic acids is 2. The molecule has 50 heavy (non-hydrogen) atoms. The highest BCUT2D eigenvalue weighted by atomic mass is 16.3. The van der Waals surface area contributed by atoms with Crippen molar-refractivity contribution in [1.82, 2.24) is 10.6 Å². The van der Waals surface area contributed by atoms with Crippen molar-refractivity contribution >= 4 is 33.4 Å². The lowest BCUT2D eigenvalue weighted by Gasteiger charge is -2.21. The zero-order chi connectivity index (χ0) is 36.0. The number of hydrogen-bond acceptors (Lipinski definition) is 7. The van der Waals surface area contributed by atoms with Crippen LogP contribution in [0.3, 0.4) is 0 Å². The molecule has 0 saturated carbocycles. The van der Waals surface area contributed by atoms with Crippen LogP contribution in [-0.4, -0.2) is 37.3 Å². The summed E-state index contributed by atoms with van der Waals surface area (Å²) in [6, 6.07) is 23.9. The molecule has 6 rings (SSSR count). The molecule has 254 valence electrons. The van der Waals surface area contributed by atoms with Gasteiger partial charge in [0.15, 0.2) is 11.5 Å². The zero-order valence-electron chi connectivity index (χ0n) is 28.3. The molecule has 0 aliphatic heterocycles. The molecular formula is C41H38N2O7. The molecule has 2 unspecified atom stereocenters. The predicted octanol–water partition coefficient (Wildman–Crippen LogP) is 8.10. The van der Waals surface area contributed by atoms with Crippen LogP contribution >= 0.6 is 0 Å². The molecule has 0 aliphatic rings. The van der Waals surface area contributed by atoms with E-state index in [2.05, 4.69) is 10.6 Å². The summed E-state index contributed by atoms with van der Waals surface area (Å²) < 4.78 is 0. The molecule has 0 radical (unpaired) electrons. The van der Waals surface area contributed by atoms with E-state index in [1.807, 2.05) is 67.6 Å². The van der Waals surface area contributed by atoms with Crippen LogP contribution in [0.2, 0.25) is 0 Å². The molecule has 0 saturated heterocycles. The fourth-order valence-electron chi connectivity index (χ4n) is 6.69. The summed E-state index contributed by atoms with van der Waals surface area (Å²) in [5.74, 6) is -3.19. The SMILES string of the molecule is Cc1cc2c(O)c(-c3c(C)cc4c(C(=O)NC(C)c5ccccc5)c(O)c(O)cc4c3O)c(C)cc2c(C(=O)NC(C)c2ccccc2)c1O. The minimum atomic E-state index is -0.654. The van der Waals surface area contributed by atoms with Crippen molar-refractivity contribution in [3.05, 3.63) is 124 Å². The lowest BCUT2D eigenvalue weighted by molar-refractivity contribution is 0.0929. The minimum Gasteiger partial charge on any atom is -0.507 e. The van der Waals surface area contributed by atoms with Crippen molar-refractivity contribution in [3.8, 4) is 39.9 Å². The monoisotopic (exact) mass is 670 g/mol. The molecule has 0 heterocycles. The fraction of sp³-hybridized carbons (Fsp3) is 0.171. The van der Waals surface area contributed by atoms with Crippen LogP contribution in [0.5, 0.6) is 28.7 Å². The summed E-state index contributed by atoms with van der Waals surface area (Å²) >= 11 is 0. The first-order chi connectivity index (χ1) is 23.8. The maximum atomic E-state index is 13.7. The second kappa shape index (κ2) is 13.0. The number of amides is 2. The van der Waals surface area contributed by atoms with Crippen LogP contribution < -0.4 is 10.6 Å². The number of carbonyl (C=O) groups is 2. The normalized spacial score (nSPS) is 12.5.